The van der Waals surface area contributed by atoms with Gasteiger partial charge in [0.2, 0.25) is 11.6 Å². The first-order valence-corrected chi connectivity index (χ1v) is 22.0. The number of esters is 2. The third-order valence-electron chi connectivity index (χ3n) is 18.2. The molecule has 0 spiro atoms. The maximum Gasteiger partial charge on any atom is 0.332 e. The largest absolute Gasteiger partial charge is 0.456 e. The van der Waals surface area contributed by atoms with E-state index in [1.807, 2.05) is 13.8 Å². The molecule has 0 aromatic carbocycles. The monoisotopic (exact) mass is 822 g/mol. The van der Waals surface area contributed by atoms with Crippen molar-refractivity contribution in [2.75, 3.05) is 26.4 Å². The fourth-order valence-corrected chi connectivity index (χ4v) is 15.1. The Morgan fingerprint density at radius 2 is 0.983 bits per heavy atom. The molecule has 8 aliphatic rings. The maximum absolute atomic E-state index is 13.6. The van der Waals surface area contributed by atoms with Crippen molar-refractivity contribution in [1.29, 1.82) is 0 Å². The number of carbonyl (C=O) groups is 6. The quantitative estimate of drug-likeness (QED) is 0.232. The third kappa shape index (κ3) is 6.40. The zero-order valence-corrected chi connectivity index (χ0v) is 35.0. The lowest BCUT2D eigenvalue weighted by atomic mass is 9.45. The van der Waals surface area contributed by atoms with Gasteiger partial charge in [-0.05, 0) is 136 Å². The first-order valence-electron chi connectivity index (χ1n) is 22.0. The molecule has 0 aromatic rings. The van der Waals surface area contributed by atoms with Gasteiger partial charge in [0.25, 0.3) is 0 Å². The average molecular weight is 823 g/mol. The number of ether oxygens (including phenoxy) is 3. The Bertz CT molecular complexity index is 1750. The van der Waals surface area contributed by atoms with Crippen LogP contribution in [0, 0.1) is 57.2 Å². The van der Waals surface area contributed by atoms with Crippen LogP contribution in [0.4, 0.5) is 0 Å². The predicted octanol–water partition coefficient (Wildman–Crippen LogP) is 3.70. The van der Waals surface area contributed by atoms with Gasteiger partial charge in [0.05, 0.1) is 12.2 Å². The summed E-state index contributed by atoms with van der Waals surface area (Å²) in [4.78, 5) is 76.9. The Morgan fingerprint density at radius 3 is 1.37 bits per heavy atom. The topological polar surface area (TPSA) is 211 Å². The van der Waals surface area contributed by atoms with Gasteiger partial charge in [0, 0.05) is 23.7 Å². The van der Waals surface area contributed by atoms with Gasteiger partial charge in [-0.15, -0.1) is 0 Å². The fraction of sp³-hybridized carbons (Fsp3) is 0.783. The first kappa shape index (κ1) is 42.6. The van der Waals surface area contributed by atoms with Gasteiger partial charge in [0.1, 0.15) is 24.4 Å². The summed E-state index contributed by atoms with van der Waals surface area (Å²) in [6.45, 7) is 5.18. The summed E-state index contributed by atoms with van der Waals surface area (Å²) >= 11 is 0. The lowest BCUT2D eigenvalue weighted by Crippen LogP contribution is -2.62. The minimum atomic E-state index is -1.81. The Kier molecular flexibility index (Phi) is 10.7. The van der Waals surface area contributed by atoms with Crippen LogP contribution in [0.2, 0.25) is 0 Å². The van der Waals surface area contributed by atoms with Crippen LogP contribution < -0.4 is 0 Å². The van der Waals surface area contributed by atoms with Crippen LogP contribution in [-0.2, 0) is 43.0 Å². The van der Waals surface area contributed by atoms with Gasteiger partial charge in [0.15, 0.2) is 24.8 Å². The summed E-state index contributed by atoms with van der Waals surface area (Å²) in [6.07, 6.45) is 9.18. The second kappa shape index (κ2) is 14.8. The van der Waals surface area contributed by atoms with Crippen molar-refractivity contribution in [2.45, 2.75) is 141 Å². The van der Waals surface area contributed by atoms with Crippen LogP contribution in [-0.4, -0.2) is 105 Å². The van der Waals surface area contributed by atoms with Crippen molar-refractivity contribution in [3.05, 3.63) is 23.3 Å². The van der Waals surface area contributed by atoms with Gasteiger partial charge >= 0.3 is 11.9 Å². The number of aliphatic hydroxyl groups is 4. The fourth-order valence-electron chi connectivity index (χ4n) is 15.1. The molecule has 10 unspecified atom stereocenters. The van der Waals surface area contributed by atoms with Crippen molar-refractivity contribution in [3.8, 4) is 0 Å². The molecule has 13 heteroatoms. The molecule has 0 aliphatic heterocycles. The summed E-state index contributed by atoms with van der Waals surface area (Å²) in [6, 6.07) is 0. The van der Waals surface area contributed by atoms with Gasteiger partial charge in [-0.2, -0.15) is 0 Å². The molecule has 6 fully saturated rings. The highest BCUT2D eigenvalue weighted by atomic mass is 16.6. The van der Waals surface area contributed by atoms with E-state index in [1.165, 1.54) is 0 Å². The maximum atomic E-state index is 13.6. The molecular weight excluding hydrogens is 760 g/mol. The molecule has 0 bridgehead atoms. The summed E-state index contributed by atoms with van der Waals surface area (Å²) in [5, 5.41) is 47.1. The molecule has 0 aromatic heterocycles. The van der Waals surface area contributed by atoms with Crippen molar-refractivity contribution >= 4 is 35.1 Å². The number of allylic oxidation sites excluding steroid dienone is 2. The summed E-state index contributed by atoms with van der Waals surface area (Å²) in [5.74, 6) is -3.02. The Balaban J connectivity index is 0.803. The molecule has 0 saturated heterocycles. The molecule has 14 atom stereocenters. The zero-order valence-electron chi connectivity index (χ0n) is 35.0. The Labute approximate surface area is 345 Å². The van der Waals surface area contributed by atoms with E-state index in [4.69, 9.17) is 14.2 Å². The summed E-state index contributed by atoms with van der Waals surface area (Å²) in [7, 11) is 0. The predicted molar refractivity (Wildman–Crippen MR) is 209 cm³/mol. The number of rotatable bonds is 10. The van der Waals surface area contributed by atoms with Gasteiger partial charge in [-0.1, -0.05) is 38.8 Å². The minimum Gasteiger partial charge on any atom is -0.456 e. The highest BCUT2D eigenvalue weighted by Crippen LogP contribution is 2.69. The molecule has 4 N–H and O–H groups in total. The number of fused-ring (bicyclic) bond motifs is 10. The van der Waals surface area contributed by atoms with Crippen molar-refractivity contribution in [3.63, 3.8) is 0 Å². The highest BCUT2D eigenvalue weighted by molar-refractivity contribution is 5.93. The van der Waals surface area contributed by atoms with Crippen molar-refractivity contribution in [1.82, 2.24) is 0 Å². The molecule has 8 aliphatic carbocycles. The second-order valence-corrected chi connectivity index (χ2v) is 20.6. The van der Waals surface area contributed by atoms with Crippen LogP contribution in [0.15, 0.2) is 23.3 Å². The second-order valence-electron chi connectivity index (χ2n) is 20.6. The standard InChI is InChI=1S/C46H62O13/c1-41-13-9-27(47)17-25(41)5-7-29-31-11-15-45(55,43(31,3)19-33(49)39(29)41)35(51)21-58-37(53)23-57-24-38(54)59-22-36(52)46(56)16-12-32-30-8-6-26-18-28(48)10-14-42(26,2)40(30)34(50)20-44(32,46)4/h17-18,29-34,39-40,49-50,55-56H,5-16,19-24H2,1-4H3/t29?,30?,31?,32?,33-,34+,39?,40?,41?,42?,43?,44?,45+,46-. The first-order chi connectivity index (χ1) is 27.7. The molecule has 0 amide bonds. The van der Waals surface area contributed by atoms with Gasteiger partial charge < -0.3 is 34.6 Å². The lowest BCUT2D eigenvalue weighted by molar-refractivity contribution is -0.185. The van der Waals surface area contributed by atoms with E-state index in [0.29, 0.717) is 38.5 Å². The molecule has 324 valence electrons. The van der Waals surface area contributed by atoms with Gasteiger partial charge in [-0.3, -0.25) is 19.2 Å². The lowest BCUT2D eigenvalue weighted by Gasteiger charge is -2.60. The summed E-state index contributed by atoms with van der Waals surface area (Å²) in [5.41, 5.74) is -3.92. The number of Topliss-reactive ketones (excluding diaryl/α,β-unsaturated/α-hetero) is 2. The molecule has 6 saturated carbocycles. The third-order valence-corrected chi connectivity index (χ3v) is 18.2. The van der Waals surface area contributed by atoms with Crippen LogP contribution in [0.25, 0.3) is 0 Å². The number of hydrogen-bond donors (Lipinski definition) is 4. The van der Waals surface area contributed by atoms with E-state index in [2.05, 4.69) is 13.8 Å². The van der Waals surface area contributed by atoms with E-state index < -0.39 is 84.2 Å². The molecule has 0 heterocycles. The molecule has 13 nitrogen and oxygen atoms in total. The zero-order chi connectivity index (χ0) is 42.5. The van der Waals surface area contributed by atoms with E-state index in [9.17, 15) is 49.2 Å². The average Bonchev–Trinajstić information content (AvgIpc) is 3.61. The summed E-state index contributed by atoms with van der Waals surface area (Å²) < 4.78 is 15.6. The van der Waals surface area contributed by atoms with E-state index in [-0.39, 0.29) is 83.6 Å². The van der Waals surface area contributed by atoms with E-state index >= 15 is 0 Å². The highest BCUT2D eigenvalue weighted by Gasteiger charge is 2.70. The van der Waals surface area contributed by atoms with Crippen LogP contribution in [0.5, 0.6) is 0 Å². The Hall–Kier alpha value is -3.10. The van der Waals surface area contributed by atoms with Crippen LogP contribution in [0.3, 0.4) is 0 Å². The minimum absolute atomic E-state index is 0.0324. The SMILES string of the molecule is CC12CCC(=O)C=C1CCC1C2[C@H](O)CC2(C)C1CC[C@]2(O)C(=O)COC(=O)COCC(=O)OCC(=O)[C@]1(O)CCC2C3CCC4=CC(=O)CCC4(C)C3[C@@H](O)CC21C. The van der Waals surface area contributed by atoms with E-state index in [0.717, 1.165) is 36.8 Å². The normalized spacial score (nSPS) is 46.0. The number of hydrogen-bond acceptors (Lipinski definition) is 13. The van der Waals surface area contributed by atoms with Gasteiger partial charge in [-0.25, -0.2) is 9.59 Å². The van der Waals surface area contributed by atoms with E-state index in [1.54, 1.807) is 12.2 Å². The molecule has 8 rings (SSSR count). The van der Waals surface area contributed by atoms with Crippen LogP contribution in [0.1, 0.15) is 118 Å². The van der Waals surface area contributed by atoms with Crippen LogP contribution >= 0.6 is 0 Å². The molecule has 0 radical (unpaired) electrons. The smallest absolute Gasteiger partial charge is 0.332 e. The van der Waals surface area contributed by atoms with Crippen molar-refractivity contribution < 1.29 is 63.4 Å². The molecule has 59 heavy (non-hydrogen) atoms. The number of ketones is 4. The van der Waals surface area contributed by atoms with Crippen molar-refractivity contribution in [2.24, 2.45) is 57.2 Å². The number of aliphatic hydroxyl groups excluding tert-OH is 2. The number of carbonyl (C=O) groups excluding carboxylic acids is 6. The molecular formula is C46H62O13. The Morgan fingerprint density at radius 1 is 0.593 bits per heavy atom.